The van der Waals surface area contributed by atoms with Crippen LogP contribution in [0.2, 0.25) is 0 Å². The van der Waals surface area contributed by atoms with Gasteiger partial charge in [0.15, 0.2) is 0 Å². The van der Waals surface area contributed by atoms with E-state index in [4.69, 9.17) is 0 Å². The minimum Gasteiger partial charge on any atom is -0.302 e. The van der Waals surface area contributed by atoms with Crippen molar-refractivity contribution in [3.63, 3.8) is 0 Å². The second kappa shape index (κ2) is 11.0. The minimum atomic E-state index is 0. The molecule has 0 atom stereocenters. The van der Waals surface area contributed by atoms with Crippen LogP contribution in [-0.2, 0) is 20.1 Å². The first kappa shape index (κ1) is 22.2. The molecular weight excluding hydrogens is 588 g/mol. The Morgan fingerprint density at radius 2 is 1.29 bits per heavy atom. The summed E-state index contributed by atoms with van der Waals surface area (Å²) < 4.78 is 1.05. The van der Waals surface area contributed by atoms with Crippen molar-refractivity contribution in [2.24, 2.45) is 0 Å². The zero-order valence-corrected chi connectivity index (χ0v) is 19.6. The Morgan fingerprint density at radius 1 is 0.679 bits per heavy atom. The molecule has 0 aliphatic carbocycles. The second-order valence-corrected chi connectivity index (χ2v) is 6.94. The molecule has 0 saturated heterocycles. The van der Waals surface area contributed by atoms with Crippen molar-refractivity contribution in [1.29, 1.82) is 0 Å². The molecule has 2 heterocycles. The average Bonchev–Trinajstić information content (AvgIpc) is 2.69. The fraction of sp³-hybridized carbons (Fsp3) is 0.0833. The van der Waals surface area contributed by atoms with Crippen LogP contribution in [0.5, 0.6) is 0 Å². The normalized spacial score (nSPS) is 9.68. The van der Waals surface area contributed by atoms with E-state index in [2.05, 4.69) is 38.0 Å². The van der Waals surface area contributed by atoms with E-state index in [1.54, 1.807) is 0 Å². The maximum atomic E-state index is 4.43. The van der Waals surface area contributed by atoms with Crippen LogP contribution in [0.4, 0.5) is 0 Å². The minimum absolute atomic E-state index is 0. The van der Waals surface area contributed by atoms with Crippen molar-refractivity contribution >= 4 is 15.9 Å². The predicted octanol–water partition coefficient (Wildman–Crippen LogP) is 6.47. The Labute approximate surface area is 188 Å². The maximum Gasteiger partial charge on any atom is 0.0266 e. The van der Waals surface area contributed by atoms with Crippen LogP contribution in [-0.4, -0.2) is 9.97 Å². The van der Waals surface area contributed by atoms with Gasteiger partial charge in [-0.1, -0.05) is 44.7 Å². The van der Waals surface area contributed by atoms with Crippen molar-refractivity contribution in [1.82, 2.24) is 9.97 Å². The summed E-state index contributed by atoms with van der Waals surface area (Å²) >= 11 is 3.43. The number of halogens is 1. The number of rotatable bonds is 2. The van der Waals surface area contributed by atoms with Gasteiger partial charge in [-0.15, -0.1) is 65.7 Å². The molecule has 0 amide bonds. The third-order valence-electron chi connectivity index (χ3n) is 3.80. The van der Waals surface area contributed by atoms with E-state index >= 15 is 0 Å². The summed E-state index contributed by atoms with van der Waals surface area (Å²) in [6.07, 6.45) is 0. The summed E-state index contributed by atoms with van der Waals surface area (Å²) in [6, 6.07) is 32.0. The predicted molar refractivity (Wildman–Crippen MR) is 114 cm³/mol. The van der Waals surface area contributed by atoms with Crippen LogP contribution >= 0.6 is 15.9 Å². The van der Waals surface area contributed by atoms with Gasteiger partial charge in [0, 0.05) is 31.5 Å². The topological polar surface area (TPSA) is 25.8 Å². The average molecular weight is 608 g/mol. The molecule has 0 aliphatic rings. The van der Waals surface area contributed by atoms with E-state index < -0.39 is 0 Å². The maximum absolute atomic E-state index is 4.43. The van der Waals surface area contributed by atoms with Gasteiger partial charge < -0.3 is 9.97 Å². The van der Waals surface area contributed by atoms with Gasteiger partial charge in [-0.2, -0.15) is 0 Å². The molecule has 2 aromatic carbocycles. The first-order valence-corrected chi connectivity index (χ1v) is 9.43. The van der Waals surface area contributed by atoms with Gasteiger partial charge in [0.2, 0.25) is 0 Å². The fourth-order valence-corrected chi connectivity index (χ4v) is 2.89. The first-order valence-electron chi connectivity index (χ1n) is 8.64. The largest absolute Gasteiger partial charge is 0.302 e. The molecule has 0 aliphatic heterocycles. The molecule has 2 nitrogen and oxygen atoms in total. The van der Waals surface area contributed by atoms with Crippen LogP contribution in [0.1, 0.15) is 11.4 Å². The third kappa shape index (κ3) is 6.49. The number of aryl methyl sites for hydroxylation is 2. The van der Waals surface area contributed by atoms with Gasteiger partial charge in [0.05, 0.1) is 0 Å². The Balaban J connectivity index is 0.000000194. The molecule has 0 N–H and O–H groups in total. The molecule has 4 rings (SSSR count). The molecule has 2 aromatic heterocycles. The zero-order valence-electron chi connectivity index (χ0n) is 15.6. The van der Waals surface area contributed by atoms with Crippen molar-refractivity contribution < 1.29 is 20.1 Å². The molecule has 143 valence electrons. The molecule has 4 aromatic rings. The van der Waals surface area contributed by atoms with E-state index in [0.717, 1.165) is 38.4 Å². The van der Waals surface area contributed by atoms with E-state index in [-0.39, 0.29) is 20.1 Å². The van der Waals surface area contributed by atoms with Crippen molar-refractivity contribution in [2.45, 2.75) is 13.8 Å². The summed E-state index contributed by atoms with van der Waals surface area (Å²) in [6.45, 7) is 3.98. The standard InChI is InChI=1S/C12H9BrN.C12H10N.Ir/c1-9-4-2-7-12(14-9)10-5-3-6-11(13)8-10;1-10-6-5-9-12(13-10)11-7-3-2-4-8-11;/h2-4,6-8H,1H3;2-7,9H,1H3;/q2*-1;. The third-order valence-corrected chi connectivity index (χ3v) is 4.29. The smallest absolute Gasteiger partial charge is 0.0266 e. The first-order chi connectivity index (χ1) is 13.1. The molecule has 4 heteroatoms. The molecule has 28 heavy (non-hydrogen) atoms. The van der Waals surface area contributed by atoms with Crippen LogP contribution in [0.25, 0.3) is 22.5 Å². The van der Waals surface area contributed by atoms with Gasteiger partial charge in [-0.05, 0) is 37.4 Å². The van der Waals surface area contributed by atoms with Gasteiger partial charge >= 0.3 is 0 Å². The second-order valence-electron chi connectivity index (χ2n) is 6.03. The fourth-order valence-electron chi connectivity index (χ4n) is 2.53. The van der Waals surface area contributed by atoms with Crippen molar-refractivity contribution in [3.8, 4) is 22.5 Å². The molecule has 0 spiro atoms. The van der Waals surface area contributed by atoms with Crippen LogP contribution in [0, 0.1) is 26.0 Å². The number of benzene rings is 2. The van der Waals surface area contributed by atoms with E-state index in [1.807, 2.05) is 92.7 Å². The molecular formula is C24H19BrIrN2-2. The van der Waals surface area contributed by atoms with Gasteiger partial charge in [0.1, 0.15) is 0 Å². The Hall–Kier alpha value is -2.13. The van der Waals surface area contributed by atoms with E-state index in [9.17, 15) is 0 Å². The number of nitrogens with zero attached hydrogens (tertiary/aromatic N) is 2. The Kier molecular flexibility index (Phi) is 8.72. The quantitative estimate of drug-likeness (QED) is 0.244. The summed E-state index contributed by atoms with van der Waals surface area (Å²) in [5.74, 6) is 0. The van der Waals surface area contributed by atoms with Crippen LogP contribution in [0.3, 0.4) is 0 Å². The van der Waals surface area contributed by atoms with E-state index in [1.165, 1.54) is 0 Å². The molecule has 1 radical (unpaired) electrons. The number of hydrogen-bond donors (Lipinski definition) is 0. The summed E-state index contributed by atoms with van der Waals surface area (Å²) in [4.78, 5) is 8.84. The van der Waals surface area contributed by atoms with Crippen LogP contribution in [0.15, 0.2) is 83.3 Å². The number of aromatic nitrogens is 2. The van der Waals surface area contributed by atoms with Crippen molar-refractivity contribution in [2.75, 3.05) is 0 Å². The van der Waals surface area contributed by atoms with Gasteiger partial charge in [-0.25, -0.2) is 0 Å². The summed E-state index contributed by atoms with van der Waals surface area (Å²) in [5, 5.41) is 0. The summed E-state index contributed by atoms with van der Waals surface area (Å²) in [7, 11) is 0. The van der Waals surface area contributed by atoms with Crippen LogP contribution < -0.4 is 0 Å². The molecule has 0 saturated carbocycles. The molecule has 0 fully saturated rings. The number of hydrogen-bond acceptors (Lipinski definition) is 2. The number of pyridine rings is 2. The SMILES string of the molecule is Cc1cccc(-c2[c-]ccc(Br)c2)n1.Cc1cccc(-c2[c-]cccc2)n1.[Ir]. The van der Waals surface area contributed by atoms with Crippen molar-refractivity contribution in [3.05, 3.63) is 107 Å². The zero-order chi connectivity index (χ0) is 19.1. The molecule has 0 unspecified atom stereocenters. The Morgan fingerprint density at radius 3 is 1.82 bits per heavy atom. The molecule has 0 bridgehead atoms. The van der Waals surface area contributed by atoms with E-state index in [0.29, 0.717) is 0 Å². The van der Waals surface area contributed by atoms with Gasteiger partial charge in [0.25, 0.3) is 0 Å². The Bertz CT molecular complexity index is 976. The monoisotopic (exact) mass is 607 g/mol. The summed E-state index contributed by atoms with van der Waals surface area (Å²) in [5.41, 5.74) is 6.08. The van der Waals surface area contributed by atoms with Gasteiger partial charge in [-0.3, -0.25) is 0 Å².